The molecule has 3 rings (SSSR count). The largest absolute Gasteiger partial charge is 0.306 e. The summed E-state index contributed by atoms with van der Waals surface area (Å²) in [5, 5.41) is 6.97. The third-order valence-electron chi connectivity index (χ3n) is 3.47. The van der Waals surface area contributed by atoms with Gasteiger partial charge in [-0.15, -0.1) is 11.3 Å². The number of rotatable bonds is 5. The van der Waals surface area contributed by atoms with Crippen molar-refractivity contribution in [2.75, 3.05) is 6.54 Å². The Hall–Kier alpha value is -1.23. The molecule has 1 atom stereocenters. The molecule has 1 unspecified atom stereocenters. The van der Waals surface area contributed by atoms with Crippen molar-refractivity contribution in [3.8, 4) is 0 Å². The van der Waals surface area contributed by atoms with Crippen LogP contribution in [0.3, 0.4) is 0 Å². The summed E-state index contributed by atoms with van der Waals surface area (Å²) in [6.45, 7) is 3.19. The fourth-order valence-corrected chi connectivity index (χ4v) is 4.14. The van der Waals surface area contributed by atoms with Gasteiger partial charge < -0.3 is 5.32 Å². The molecule has 21 heavy (non-hydrogen) atoms. The van der Waals surface area contributed by atoms with Gasteiger partial charge in [-0.25, -0.2) is 0 Å². The van der Waals surface area contributed by atoms with Crippen LogP contribution in [0.25, 0.3) is 10.9 Å². The molecule has 0 aliphatic heterocycles. The Bertz CT molecular complexity index is 738. The third kappa shape index (κ3) is 3.18. The van der Waals surface area contributed by atoms with Gasteiger partial charge in [0.2, 0.25) is 0 Å². The number of hydrogen-bond donors (Lipinski definition) is 1. The van der Waals surface area contributed by atoms with Crippen LogP contribution < -0.4 is 5.32 Å². The predicted octanol–water partition coefficient (Wildman–Crippen LogP) is 5.15. The fraction of sp³-hybridized carbons (Fsp3) is 0.235. The molecule has 0 fully saturated rings. The van der Waals surface area contributed by atoms with E-state index in [9.17, 15) is 0 Å². The van der Waals surface area contributed by atoms with Gasteiger partial charge in [0, 0.05) is 20.9 Å². The Labute approximate surface area is 137 Å². The molecule has 0 saturated heterocycles. The van der Waals surface area contributed by atoms with Crippen LogP contribution in [0.5, 0.6) is 0 Å². The van der Waals surface area contributed by atoms with Crippen LogP contribution in [-0.4, -0.2) is 11.5 Å². The quantitative estimate of drug-likeness (QED) is 0.680. The van der Waals surface area contributed by atoms with Crippen LogP contribution in [0.4, 0.5) is 0 Å². The number of pyridine rings is 1. The monoisotopic (exact) mass is 360 g/mol. The van der Waals surface area contributed by atoms with Gasteiger partial charge in [-0.2, -0.15) is 0 Å². The topological polar surface area (TPSA) is 24.9 Å². The molecule has 0 aliphatic carbocycles. The Kier molecular flexibility index (Phi) is 4.68. The molecule has 0 radical (unpaired) electrons. The summed E-state index contributed by atoms with van der Waals surface area (Å²) < 4.78 is 1.17. The van der Waals surface area contributed by atoms with E-state index >= 15 is 0 Å². The van der Waals surface area contributed by atoms with E-state index in [-0.39, 0.29) is 6.04 Å². The van der Waals surface area contributed by atoms with Gasteiger partial charge in [-0.1, -0.05) is 19.1 Å². The van der Waals surface area contributed by atoms with E-state index in [1.807, 2.05) is 12.3 Å². The molecule has 1 N–H and O–H groups in total. The number of benzene rings is 1. The average Bonchev–Trinajstić information content (AvgIpc) is 2.94. The maximum Gasteiger partial charge on any atom is 0.0702 e. The molecule has 0 aliphatic rings. The van der Waals surface area contributed by atoms with E-state index in [1.54, 1.807) is 11.3 Å². The van der Waals surface area contributed by atoms with Crippen LogP contribution in [-0.2, 0) is 0 Å². The van der Waals surface area contributed by atoms with E-state index in [0.29, 0.717) is 0 Å². The predicted molar refractivity (Wildman–Crippen MR) is 93.9 cm³/mol. The highest BCUT2D eigenvalue weighted by Crippen LogP contribution is 2.34. The molecule has 0 bridgehead atoms. The summed E-state index contributed by atoms with van der Waals surface area (Å²) in [6, 6.07) is 13.0. The summed E-state index contributed by atoms with van der Waals surface area (Å²) in [5.41, 5.74) is 2.33. The molecule has 0 spiro atoms. The van der Waals surface area contributed by atoms with E-state index < -0.39 is 0 Å². The first-order valence-corrected chi connectivity index (χ1v) is 8.78. The first-order valence-electron chi connectivity index (χ1n) is 7.10. The molecule has 4 heteroatoms. The van der Waals surface area contributed by atoms with E-state index in [2.05, 4.69) is 68.9 Å². The highest BCUT2D eigenvalue weighted by atomic mass is 79.9. The highest BCUT2D eigenvalue weighted by molar-refractivity contribution is 9.10. The molecule has 1 aromatic carbocycles. The molecular formula is C17H17BrN2S. The summed E-state index contributed by atoms with van der Waals surface area (Å²) in [4.78, 5) is 5.72. The second kappa shape index (κ2) is 6.69. The highest BCUT2D eigenvalue weighted by Gasteiger charge is 2.17. The fourth-order valence-electron chi connectivity index (χ4n) is 2.44. The van der Waals surface area contributed by atoms with Crippen LogP contribution >= 0.6 is 27.3 Å². The van der Waals surface area contributed by atoms with E-state index in [1.165, 1.54) is 20.3 Å². The lowest BCUT2D eigenvalue weighted by Gasteiger charge is -2.19. The average molecular weight is 361 g/mol. The Balaban J connectivity index is 2.03. The second-order valence-electron chi connectivity index (χ2n) is 4.98. The molecule has 3 aromatic rings. The van der Waals surface area contributed by atoms with Crippen molar-refractivity contribution >= 4 is 38.2 Å². The van der Waals surface area contributed by atoms with Crippen molar-refractivity contribution in [2.24, 2.45) is 0 Å². The van der Waals surface area contributed by atoms with Gasteiger partial charge in [0.05, 0.1) is 11.6 Å². The van der Waals surface area contributed by atoms with Gasteiger partial charge in [-0.05, 0) is 64.1 Å². The van der Waals surface area contributed by atoms with E-state index in [0.717, 1.165) is 18.5 Å². The number of hydrogen-bond acceptors (Lipinski definition) is 3. The zero-order valence-corrected chi connectivity index (χ0v) is 14.2. The number of thiophene rings is 1. The van der Waals surface area contributed by atoms with Gasteiger partial charge in [-0.3, -0.25) is 4.98 Å². The Morgan fingerprint density at radius 3 is 2.95 bits per heavy atom. The van der Waals surface area contributed by atoms with Gasteiger partial charge in [0.1, 0.15) is 0 Å². The van der Waals surface area contributed by atoms with Crippen molar-refractivity contribution in [2.45, 2.75) is 19.4 Å². The van der Waals surface area contributed by atoms with Gasteiger partial charge in [0.15, 0.2) is 0 Å². The van der Waals surface area contributed by atoms with Crippen molar-refractivity contribution in [1.29, 1.82) is 0 Å². The number of halogens is 1. The Morgan fingerprint density at radius 1 is 1.29 bits per heavy atom. The molecule has 0 amide bonds. The summed E-state index contributed by atoms with van der Waals surface area (Å²) >= 11 is 5.45. The SMILES string of the molecule is CCCNC(c1ccc2ncccc2c1)c1sccc1Br. The smallest absolute Gasteiger partial charge is 0.0702 e. The molecule has 108 valence electrons. The van der Waals surface area contributed by atoms with Crippen molar-refractivity contribution in [1.82, 2.24) is 10.3 Å². The Morgan fingerprint density at radius 2 is 2.19 bits per heavy atom. The minimum Gasteiger partial charge on any atom is -0.306 e. The number of fused-ring (bicyclic) bond motifs is 1. The maximum atomic E-state index is 4.40. The number of nitrogens with one attached hydrogen (secondary N) is 1. The van der Waals surface area contributed by atoms with Crippen LogP contribution in [0.1, 0.15) is 29.8 Å². The summed E-state index contributed by atoms with van der Waals surface area (Å²) in [7, 11) is 0. The molecule has 2 heterocycles. The zero-order valence-electron chi connectivity index (χ0n) is 11.8. The zero-order chi connectivity index (χ0) is 14.7. The number of nitrogens with zero attached hydrogens (tertiary/aromatic N) is 1. The minimum absolute atomic E-state index is 0.226. The first kappa shape index (κ1) is 14.7. The normalized spacial score (nSPS) is 12.7. The van der Waals surface area contributed by atoms with Crippen molar-refractivity contribution in [3.05, 3.63) is 62.9 Å². The third-order valence-corrected chi connectivity index (χ3v) is 5.40. The lowest BCUT2D eigenvalue weighted by molar-refractivity contribution is 0.605. The second-order valence-corrected chi connectivity index (χ2v) is 6.78. The van der Waals surface area contributed by atoms with Crippen LogP contribution in [0, 0.1) is 0 Å². The van der Waals surface area contributed by atoms with Crippen molar-refractivity contribution in [3.63, 3.8) is 0 Å². The van der Waals surface area contributed by atoms with Gasteiger partial charge in [0.25, 0.3) is 0 Å². The molecule has 2 aromatic heterocycles. The number of aromatic nitrogens is 1. The summed E-state index contributed by atoms with van der Waals surface area (Å²) in [6.07, 6.45) is 2.96. The van der Waals surface area contributed by atoms with Gasteiger partial charge >= 0.3 is 0 Å². The molecular weight excluding hydrogens is 344 g/mol. The van der Waals surface area contributed by atoms with Crippen LogP contribution in [0.2, 0.25) is 0 Å². The molecule has 0 saturated carbocycles. The van der Waals surface area contributed by atoms with Crippen molar-refractivity contribution < 1.29 is 0 Å². The van der Waals surface area contributed by atoms with E-state index in [4.69, 9.17) is 0 Å². The lowest BCUT2D eigenvalue weighted by atomic mass is 10.0. The lowest BCUT2D eigenvalue weighted by Crippen LogP contribution is -2.22. The first-order chi connectivity index (χ1) is 10.3. The minimum atomic E-state index is 0.226. The molecule has 2 nitrogen and oxygen atoms in total. The maximum absolute atomic E-state index is 4.40. The standard InChI is InChI=1S/C17H17BrN2S/c1-2-8-20-16(17-14(18)7-10-21-17)13-5-6-15-12(11-13)4-3-9-19-15/h3-7,9-11,16,20H,2,8H2,1H3. The van der Waals surface area contributed by atoms with Crippen LogP contribution in [0.15, 0.2) is 52.4 Å². The summed E-state index contributed by atoms with van der Waals surface area (Å²) in [5.74, 6) is 0.